The number of carbonyl (C=O) groups is 8. The van der Waals surface area contributed by atoms with Gasteiger partial charge in [0.25, 0.3) is 46.2 Å². The van der Waals surface area contributed by atoms with Gasteiger partial charge < -0.3 is 124 Å². The first-order valence-corrected chi connectivity index (χ1v) is 41.9. The van der Waals surface area contributed by atoms with Crippen LogP contribution in [-0.4, -0.2) is 207 Å². The molecule has 0 radical (unpaired) electrons. The van der Waals surface area contributed by atoms with Crippen molar-refractivity contribution >= 4 is 154 Å². The molecule has 9 aromatic rings. The largest absolute Gasteiger partial charge is 1.00 e. The number of esters is 2. The molecule has 52 heteroatoms. The summed E-state index contributed by atoms with van der Waals surface area (Å²) in [7, 11) is 10.1. The molecule has 0 aliphatic carbocycles. The molecule has 3 amide bonds. The Morgan fingerprint density at radius 3 is 1.38 bits per heavy atom. The number of carbonyl (C=O) groups excluding carboxylic acids is 8. The fourth-order valence-corrected chi connectivity index (χ4v) is 14.8. The fraction of sp³-hybridized carbons (Fsp3) is 0.238. The van der Waals surface area contributed by atoms with E-state index in [-0.39, 0.29) is 297 Å². The number of aryl methyl sites for hydroxylation is 2. The number of aromatic nitrogens is 2. The summed E-state index contributed by atoms with van der Waals surface area (Å²) in [4.78, 5) is 148. The number of benzene rings is 7. The summed E-state index contributed by atoms with van der Waals surface area (Å²) in [6, 6.07) is 43.0. The first kappa shape index (κ1) is 125. The van der Waals surface area contributed by atoms with E-state index in [2.05, 4.69) is 30.6 Å². The maximum atomic E-state index is 12.4. The van der Waals surface area contributed by atoms with Crippen LogP contribution in [0.2, 0.25) is 0 Å². The summed E-state index contributed by atoms with van der Waals surface area (Å²) in [5.74, 6) is -10.8. The number of para-hydroxylation sites is 1. The van der Waals surface area contributed by atoms with Crippen LogP contribution in [0.4, 0.5) is 45.5 Å². The number of nitrogens with one attached hydrogen (secondary N) is 1. The number of pyridine rings is 2. The number of rotatable bonds is 29. The monoisotopic (exact) mass is 2180 g/mol. The van der Waals surface area contributed by atoms with Gasteiger partial charge in [0, 0.05) is 175 Å². The van der Waals surface area contributed by atoms with Gasteiger partial charge in [0.15, 0.2) is 73.8 Å². The number of cyclic esters (lactones) is 2. The third kappa shape index (κ3) is 36.9. The van der Waals surface area contributed by atoms with E-state index < -0.39 is 108 Å². The number of hydrogen-bond donors (Lipinski definition) is 10. The molecule has 0 saturated carbocycles. The Kier molecular flexibility index (Phi) is 55.7. The Labute approximate surface area is 948 Å². The van der Waals surface area contributed by atoms with Crippen LogP contribution in [0.3, 0.4) is 0 Å². The molecule has 0 bridgehead atoms. The number of anilines is 3. The molecule has 708 valence electrons. The number of hydrazine groups is 1. The number of nitro benzene ring substituents is 5. The number of nitro groups is 5. The topological polar surface area (TPSA) is 614 Å². The van der Waals surface area contributed by atoms with Crippen LogP contribution < -0.4 is 228 Å². The maximum absolute atomic E-state index is 12.4. The summed E-state index contributed by atoms with van der Waals surface area (Å²) in [6.07, 6.45) is 1.48. The molecule has 2 aliphatic rings. The quantitative estimate of drug-likeness (QED) is 0.00304. The van der Waals surface area contributed by atoms with Crippen molar-refractivity contribution in [3.05, 3.63) is 302 Å². The van der Waals surface area contributed by atoms with Gasteiger partial charge in [-0.05, 0) is 90.9 Å². The molecule has 0 fully saturated rings. The van der Waals surface area contributed by atoms with E-state index in [9.17, 15) is 140 Å². The van der Waals surface area contributed by atoms with Crippen LogP contribution in [-0.2, 0) is 41.7 Å². The Hall–Kier alpha value is -8.62. The summed E-state index contributed by atoms with van der Waals surface area (Å²) in [5, 5.41) is 160. The SMILES string of the molecule is CC(CS)C(O)Sc1c(C(=O)[O-])cccc1[N+](=O)[O-].CN(C)c1ccc(Sc2ccc([N+](=O)[O-])cc2C(=O)[O-])cc1.CN(C)c1cccc(C(=O)Nc2cccc([N+](=O)[O-])c2)c1C(=O)[O-].Cc1cc([N+](=O)[O-])ccc1SCC(=O)N(C)N(C)C(=O)CS.Cc1ccccc1[N+](=O)[O-].O=C1OC(C(O)C[n+]2ccc(-c3cc[n+](CC(O)C4OC(=O)C(O)=C4O)cc3)cc2)C(O)=C1O.[Br-].[Br-].[K+].[K+].[K+]. The molecular weight excluding hydrogens is 2090 g/mol. The molecule has 0 saturated heterocycles. The fourth-order valence-electron chi connectivity index (χ4n) is 11.3. The molecular formula is C84H85Br2K3N12O30S5. The number of amides is 3. The number of aromatic carboxylic acids is 3. The van der Waals surface area contributed by atoms with Crippen molar-refractivity contribution in [1.29, 1.82) is 0 Å². The van der Waals surface area contributed by atoms with Crippen molar-refractivity contribution in [3.63, 3.8) is 0 Å². The molecule has 42 nitrogen and oxygen atoms in total. The molecule has 6 atom stereocenters. The summed E-state index contributed by atoms with van der Waals surface area (Å²) < 4.78 is 12.7. The Bertz CT molecular complexity index is 5710. The van der Waals surface area contributed by atoms with E-state index in [1.165, 1.54) is 126 Å². The predicted molar refractivity (Wildman–Crippen MR) is 475 cm³/mol. The second kappa shape index (κ2) is 60.4. The van der Waals surface area contributed by atoms with Gasteiger partial charge in [-0.1, -0.05) is 72.9 Å². The van der Waals surface area contributed by atoms with E-state index in [1.807, 2.05) is 43.3 Å². The minimum atomic E-state index is -1.52. The van der Waals surface area contributed by atoms with E-state index in [1.54, 1.807) is 134 Å². The van der Waals surface area contributed by atoms with Gasteiger partial charge in [0.2, 0.25) is 11.5 Å². The molecule has 2 aromatic heterocycles. The number of hydrogen-bond acceptors (Lipinski definition) is 37. The first-order chi connectivity index (χ1) is 61.7. The maximum Gasteiger partial charge on any atom is 1.00 e. The number of thioether (sulfide) groups is 2. The zero-order valence-corrected chi connectivity index (χ0v) is 91.1. The average Bonchev–Trinajstić information content (AvgIpc) is 0.959. The van der Waals surface area contributed by atoms with Gasteiger partial charge in [0.05, 0.1) is 64.5 Å². The smallest absolute Gasteiger partial charge is 1.00 e. The van der Waals surface area contributed by atoms with Crippen molar-refractivity contribution < 1.29 is 321 Å². The van der Waals surface area contributed by atoms with Crippen molar-refractivity contribution in [1.82, 2.24) is 10.0 Å². The molecule has 8 N–H and O–H groups in total. The molecule has 136 heavy (non-hydrogen) atoms. The van der Waals surface area contributed by atoms with Gasteiger partial charge in [-0.3, -0.25) is 75.0 Å². The second-order valence-electron chi connectivity index (χ2n) is 28.1. The number of ether oxygens (including phenoxy) is 2. The molecule has 2 aliphatic heterocycles. The minimum Gasteiger partial charge on any atom is -1.00 e. The third-order valence-corrected chi connectivity index (χ3v) is 23.0. The van der Waals surface area contributed by atoms with Crippen LogP contribution in [0, 0.1) is 70.3 Å². The van der Waals surface area contributed by atoms with E-state index in [0.717, 1.165) is 50.0 Å². The number of carboxylic acid groups (broad SMARTS) is 3. The normalized spacial score (nSPS) is 13.2. The summed E-state index contributed by atoms with van der Waals surface area (Å²) in [6.45, 7) is 5.16. The van der Waals surface area contributed by atoms with Crippen LogP contribution in [0.1, 0.15) is 59.5 Å². The number of aliphatic hydroxyl groups is 7. The van der Waals surface area contributed by atoms with Gasteiger partial charge >= 0.3 is 166 Å². The number of aliphatic hydroxyl groups excluding tert-OH is 7. The van der Waals surface area contributed by atoms with E-state index in [4.69, 9.17) is 9.47 Å². The predicted octanol–water partition coefficient (Wildman–Crippen LogP) is -7.78. The van der Waals surface area contributed by atoms with Gasteiger partial charge in [-0.25, -0.2) is 18.7 Å². The zero-order valence-electron chi connectivity index (χ0n) is 74.3. The molecule has 4 heterocycles. The third-order valence-electron chi connectivity index (χ3n) is 18.5. The molecule has 11 rings (SSSR count). The molecule has 7 aromatic carbocycles. The number of nitrogens with zero attached hydrogens (tertiary/aromatic N) is 11. The second-order valence-corrected chi connectivity index (χ2v) is 32.0. The van der Waals surface area contributed by atoms with Crippen LogP contribution in [0.15, 0.2) is 237 Å². The van der Waals surface area contributed by atoms with Gasteiger partial charge in [-0.2, -0.15) is 25.3 Å². The van der Waals surface area contributed by atoms with Crippen molar-refractivity contribution in [2.75, 3.05) is 74.7 Å². The first-order valence-electron chi connectivity index (χ1n) is 37.9. The van der Waals surface area contributed by atoms with E-state index >= 15 is 0 Å². The van der Waals surface area contributed by atoms with Crippen molar-refractivity contribution in [2.24, 2.45) is 5.92 Å². The molecule has 0 spiro atoms. The Morgan fingerprint density at radius 1 is 0.507 bits per heavy atom. The van der Waals surface area contributed by atoms with Crippen molar-refractivity contribution in [3.8, 4) is 11.1 Å². The number of non-ortho nitro benzene ring substituents is 3. The number of thiol groups is 2. The number of carboxylic acids is 3. The molecule has 6 unspecified atom stereocenters. The summed E-state index contributed by atoms with van der Waals surface area (Å²) >= 11 is 11.1. The Balaban J connectivity index is 0.000000831. The van der Waals surface area contributed by atoms with Crippen LogP contribution >= 0.6 is 60.5 Å². The van der Waals surface area contributed by atoms with Gasteiger partial charge in [0.1, 0.15) is 5.44 Å². The Morgan fingerprint density at radius 2 is 0.956 bits per heavy atom. The minimum absolute atomic E-state index is 0. The average molecular weight is 2180 g/mol. The van der Waals surface area contributed by atoms with Crippen LogP contribution in [0.25, 0.3) is 11.1 Å². The number of halogens is 2. The van der Waals surface area contributed by atoms with E-state index in [0.29, 0.717) is 21.9 Å². The summed E-state index contributed by atoms with van der Waals surface area (Å²) in [5.41, 5.74) is 2.20. The van der Waals surface area contributed by atoms with Crippen molar-refractivity contribution in [2.45, 2.75) is 83.3 Å². The standard InChI is InChI=1S/C22H20N2O10.C16H15N3O5.C15H14N2O4S.C13H17N3O4S2.C11H13NO5S2.C7H7NO2.2BrH.3K/c25-13(19-15(27)17(29)21(31)33-19)9-23-5-1-11(2-6-23)12-3-7-24(8-4-12)10-14(26)20-16(28)18(30)22(32)34-20;1-18(2)13-8-4-7-12(14(13)16(21)22)15(20)17-10-5-3-6-11(9-10)19(23)24;1-16(2)10-3-6-12(7-4-10)22-14-8-5-11(17(20)21)9-13(14)15(18)19;1-9-6-10(16(19)20)4-5-11(9)22-8-13(18)15(3)14(2)12(17)7-21;1-6(5-18)11(15)19-9-7(10(13)14)3-2-4-8(9)12(16)17;1-6-4-2-3-5-7(6)8(9)10;;;;;/h1-8,13-14,19-20,25-26H,9-10H2,(H2,27,28,29,30,31,32);3-9H,1-2H3,(H,17,20)(H,21,22);3-9H,1-2H3,(H,18,19);4-6,21H,7-8H2,1-3H3;2-4,6,11,15,18H,5H2,1H3,(H,13,14);2-5H,1H3;2*1H;;;/q;;;;;;;;3*+1/p-3. The van der Waals surface area contributed by atoms with Gasteiger partial charge in [-0.15, -0.1) is 11.8 Å². The van der Waals surface area contributed by atoms with Crippen LogP contribution in [0.5, 0.6) is 0 Å². The zero-order chi connectivity index (χ0) is 97.7.